The normalized spacial score (nSPS) is 10.8. The Kier molecular flexibility index (Phi) is 4.34. The lowest BCUT2D eigenvalue weighted by Crippen LogP contribution is -1.90. The fourth-order valence-corrected chi connectivity index (χ4v) is 2.49. The first-order chi connectivity index (χ1) is 11.2. The molecule has 2 heterocycles. The number of hydrogen-bond acceptors (Lipinski definition) is 7. The number of hydrogen-bond donors (Lipinski definition) is 1. The molecule has 8 heteroatoms. The lowest BCUT2D eigenvalue weighted by molar-refractivity contribution is -0.384. The highest BCUT2D eigenvalue weighted by Gasteiger charge is 2.07. The van der Waals surface area contributed by atoms with E-state index >= 15 is 0 Å². The molecule has 0 spiro atoms. The van der Waals surface area contributed by atoms with Gasteiger partial charge in [-0.25, -0.2) is 4.98 Å². The Morgan fingerprint density at radius 2 is 2.09 bits per heavy atom. The molecule has 0 aliphatic rings. The average Bonchev–Trinajstić information content (AvgIpc) is 3.05. The Morgan fingerprint density at radius 3 is 2.78 bits per heavy atom. The van der Waals surface area contributed by atoms with Crippen molar-refractivity contribution in [2.45, 2.75) is 0 Å². The quantitative estimate of drug-likeness (QED) is 0.440. The van der Waals surface area contributed by atoms with Crippen LogP contribution in [0.25, 0.3) is 11.3 Å². The van der Waals surface area contributed by atoms with Crippen LogP contribution in [0.3, 0.4) is 0 Å². The van der Waals surface area contributed by atoms with Crippen LogP contribution >= 0.6 is 11.3 Å². The van der Waals surface area contributed by atoms with Crippen LogP contribution in [0.4, 0.5) is 10.8 Å². The summed E-state index contributed by atoms with van der Waals surface area (Å²) < 4.78 is 0. The zero-order valence-corrected chi connectivity index (χ0v) is 12.6. The van der Waals surface area contributed by atoms with E-state index in [0.29, 0.717) is 5.13 Å². The Bertz CT molecular complexity index is 831. The predicted molar refractivity (Wildman–Crippen MR) is 89.7 cm³/mol. The van der Waals surface area contributed by atoms with Crippen molar-refractivity contribution in [1.82, 2.24) is 9.97 Å². The number of non-ortho nitro benzene ring substituents is 1. The van der Waals surface area contributed by atoms with Crippen LogP contribution in [-0.4, -0.2) is 21.1 Å². The summed E-state index contributed by atoms with van der Waals surface area (Å²) in [5.74, 6) is 0. The average molecular weight is 325 g/mol. The second-order valence-corrected chi connectivity index (χ2v) is 5.36. The summed E-state index contributed by atoms with van der Waals surface area (Å²) in [6.45, 7) is 0. The smallest absolute Gasteiger partial charge is 0.264 e. The minimum Gasteiger partial charge on any atom is -0.264 e. The molecule has 0 aliphatic carbocycles. The monoisotopic (exact) mass is 325 g/mol. The molecule has 23 heavy (non-hydrogen) atoms. The molecule has 0 atom stereocenters. The van der Waals surface area contributed by atoms with Gasteiger partial charge in [-0.15, -0.1) is 11.3 Å². The van der Waals surface area contributed by atoms with Gasteiger partial charge in [-0.05, 0) is 18.2 Å². The lowest BCUT2D eigenvalue weighted by Gasteiger charge is -1.96. The van der Waals surface area contributed by atoms with Crippen molar-refractivity contribution in [3.8, 4) is 11.3 Å². The van der Waals surface area contributed by atoms with Gasteiger partial charge in [0.05, 0.1) is 16.8 Å². The van der Waals surface area contributed by atoms with Gasteiger partial charge in [-0.1, -0.05) is 6.07 Å². The van der Waals surface area contributed by atoms with E-state index in [1.807, 2.05) is 17.5 Å². The largest absolute Gasteiger partial charge is 0.269 e. The van der Waals surface area contributed by atoms with Crippen molar-refractivity contribution in [2.24, 2.45) is 5.10 Å². The van der Waals surface area contributed by atoms with Crippen molar-refractivity contribution >= 4 is 28.4 Å². The number of aromatic nitrogens is 2. The van der Waals surface area contributed by atoms with Crippen LogP contribution in [0.5, 0.6) is 0 Å². The first-order valence-corrected chi connectivity index (χ1v) is 7.50. The molecule has 0 saturated carbocycles. The number of nitrogens with one attached hydrogen (secondary N) is 1. The van der Waals surface area contributed by atoms with Gasteiger partial charge in [0.25, 0.3) is 5.69 Å². The standard InChI is InChI=1S/C15H11N5O2S/c21-20(22)13-5-3-12(4-6-13)14-10-23-15(18-14)19-17-9-11-2-1-7-16-8-11/h1-10H,(H,18,19)/b17-9-. The molecular formula is C15H11N5O2S. The Labute approximate surface area is 135 Å². The van der Waals surface area contributed by atoms with Crippen molar-refractivity contribution in [3.63, 3.8) is 0 Å². The lowest BCUT2D eigenvalue weighted by atomic mass is 10.1. The molecule has 3 aromatic rings. The minimum atomic E-state index is -0.426. The third kappa shape index (κ3) is 3.74. The van der Waals surface area contributed by atoms with E-state index in [0.717, 1.165) is 16.8 Å². The number of thiazole rings is 1. The van der Waals surface area contributed by atoms with Gasteiger partial charge < -0.3 is 0 Å². The Hall–Kier alpha value is -3.13. The van der Waals surface area contributed by atoms with E-state index in [4.69, 9.17) is 0 Å². The van der Waals surface area contributed by atoms with E-state index < -0.39 is 4.92 Å². The van der Waals surface area contributed by atoms with Crippen molar-refractivity contribution < 1.29 is 4.92 Å². The van der Waals surface area contributed by atoms with Gasteiger partial charge in [0.1, 0.15) is 0 Å². The zero-order valence-electron chi connectivity index (χ0n) is 11.8. The van der Waals surface area contributed by atoms with Crippen LogP contribution in [0.15, 0.2) is 59.3 Å². The molecule has 3 rings (SSSR count). The number of hydrazone groups is 1. The summed E-state index contributed by atoms with van der Waals surface area (Å²) in [7, 11) is 0. The highest BCUT2D eigenvalue weighted by molar-refractivity contribution is 7.14. The molecule has 7 nitrogen and oxygen atoms in total. The minimum absolute atomic E-state index is 0.0587. The Morgan fingerprint density at radius 1 is 1.26 bits per heavy atom. The van der Waals surface area contributed by atoms with Gasteiger partial charge in [0.15, 0.2) is 0 Å². The predicted octanol–water partition coefficient (Wildman–Crippen LogP) is 3.56. The topological polar surface area (TPSA) is 93.3 Å². The first-order valence-electron chi connectivity index (χ1n) is 6.62. The van der Waals surface area contributed by atoms with Crippen LogP contribution in [-0.2, 0) is 0 Å². The summed E-state index contributed by atoms with van der Waals surface area (Å²) in [4.78, 5) is 18.6. The molecular weight excluding hydrogens is 314 g/mol. The molecule has 1 N–H and O–H groups in total. The maximum Gasteiger partial charge on any atom is 0.269 e. The Balaban J connectivity index is 1.68. The van der Waals surface area contributed by atoms with Crippen molar-refractivity contribution in [1.29, 1.82) is 0 Å². The third-order valence-corrected chi connectivity index (χ3v) is 3.68. The van der Waals surface area contributed by atoms with Crippen LogP contribution in [0.1, 0.15) is 5.56 Å². The number of nitro groups is 1. The van der Waals surface area contributed by atoms with Crippen LogP contribution < -0.4 is 5.43 Å². The third-order valence-electron chi connectivity index (χ3n) is 2.94. The van der Waals surface area contributed by atoms with Crippen molar-refractivity contribution in [3.05, 3.63) is 69.8 Å². The molecule has 0 saturated heterocycles. The number of nitrogens with zero attached hydrogens (tertiary/aromatic N) is 4. The highest BCUT2D eigenvalue weighted by atomic mass is 32.1. The number of rotatable bonds is 5. The molecule has 0 unspecified atom stereocenters. The second kappa shape index (κ2) is 6.75. The van der Waals surface area contributed by atoms with Gasteiger partial charge >= 0.3 is 0 Å². The first kappa shape index (κ1) is 14.8. The molecule has 114 valence electrons. The van der Waals surface area contributed by atoms with Crippen molar-refractivity contribution in [2.75, 3.05) is 5.43 Å². The summed E-state index contributed by atoms with van der Waals surface area (Å²) >= 11 is 1.40. The maximum atomic E-state index is 10.6. The zero-order chi connectivity index (χ0) is 16.1. The van der Waals surface area contributed by atoms with Crippen LogP contribution in [0.2, 0.25) is 0 Å². The summed E-state index contributed by atoms with van der Waals surface area (Å²) in [5.41, 5.74) is 5.35. The number of anilines is 1. The summed E-state index contributed by atoms with van der Waals surface area (Å²) in [6, 6.07) is 10.00. The van der Waals surface area contributed by atoms with E-state index in [-0.39, 0.29) is 5.69 Å². The van der Waals surface area contributed by atoms with Gasteiger partial charge in [0, 0.05) is 41.0 Å². The molecule has 0 radical (unpaired) electrons. The molecule has 0 fully saturated rings. The SMILES string of the molecule is O=[N+]([O-])c1ccc(-c2csc(N/N=C\c3cccnc3)n2)cc1. The highest BCUT2D eigenvalue weighted by Crippen LogP contribution is 2.26. The maximum absolute atomic E-state index is 10.6. The van der Waals surface area contributed by atoms with Gasteiger partial charge in [-0.3, -0.25) is 20.5 Å². The number of pyridine rings is 1. The number of nitro benzene ring substituents is 1. The molecule has 1 aromatic carbocycles. The van der Waals surface area contributed by atoms with E-state index in [1.54, 1.807) is 30.7 Å². The number of benzene rings is 1. The van der Waals surface area contributed by atoms with Gasteiger partial charge in [-0.2, -0.15) is 5.10 Å². The molecule has 2 aromatic heterocycles. The fraction of sp³-hybridized carbons (Fsp3) is 0. The van der Waals surface area contributed by atoms with E-state index in [1.165, 1.54) is 23.5 Å². The van der Waals surface area contributed by atoms with Gasteiger partial charge in [0.2, 0.25) is 5.13 Å². The van der Waals surface area contributed by atoms with E-state index in [2.05, 4.69) is 20.5 Å². The van der Waals surface area contributed by atoms with E-state index in [9.17, 15) is 10.1 Å². The fourth-order valence-electron chi connectivity index (χ4n) is 1.83. The summed E-state index contributed by atoms with van der Waals surface area (Å²) in [5, 5.41) is 17.3. The molecule has 0 bridgehead atoms. The van der Waals surface area contributed by atoms with Crippen LogP contribution in [0, 0.1) is 10.1 Å². The molecule has 0 aliphatic heterocycles. The summed E-state index contributed by atoms with van der Waals surface area (Å²) in [6.07, 6.45) is 5.05. The second-order valence-electron chi connectivity index (χ2n) is 4.50. The molecule has 0 amide bonds.